The Kier molecular flexibility index (Phi) is 7.45. The number of halogens is 1. The largest absolute Gasteiger partial charge is 0.461 e. The highest BCUT2D eigenvalue weighted by atomic mass is 35.5. The van der Waals surface area contributed by atoms with Crippen LogP contribution in [0.5, 0.6) is 0 Å². The molecule has 160 valence electrons. The van der Waals surface area contributed by atoms with Gasteiger partial charge in [-0.3, -0.25) is 4.79 Å². The number of nitrogens with one attached hydrogen (secondary N) is 1. The molecule has 0 unspecified atom stereocenters. The lowest BCUT2D eigenvalue weighted by Crippen LogP contribution is -2.10. The molecular formula is C23H21ClN2O5. The quantitative estimate of drug-likeness (QED) is 0.272. The minimum absolute atomic E-state index is 0.0986. The first-order valence-electron chi connectivity index (χ1n) is 9.53. The average molecular weight is 441 g/mol. The molecule has 0 bridgehead atoms. The lowest BCUT2D eigenvalue weighted by Gasteiger charge is -2.15. The maximum atomic E-state index is 12.4. The van der Waals surface area contributed by atoms with Gasteiger partial charge in [0, 0.05) is 5.69 Å². The Bertz CT molecular complexity index is 1050. The van der Waals surface area contributed by atoms with Crippen LogP contribution < -0.4 is 5.32 Å². The van der Waals surface area contributed by atoms with Gasteiger partial charge in [0.1, 0.15) is 13.2 Å². The van der Waals surface area contributed by atoms with Crippen LogP contribution >= 0.6 is 11.6 Å². The molecule has 0 radical (unpaired) electrons. The lowest BCUT2D eigenvalue weighted by molar-refractivity contribution is -0.763. The summed E-state index contributed by atoms with van der Waals surface area (Å²) in [6.45, 7) is 1.94. The smallest absolute Gasteiger partial charge is 0.310 e. The standard InChI is InChI=1S/C23H21ClN2O5/c1-16-5-4-7-20(24)23(16)25-21-8-3-2-6-19(21)13-22(27)30-14-17-9-11-18(12-10-17)15-31-26(28)29/h2-12,25H,13-15H2,1H3. The molecule has 0 aliphatic heterocycles. The molecule has 3 rings (SSSR count). The van der Waals surface area contributed by atoms with Gasteiger partial charge in [-0.2, -0.15) is 0 Å². The normalized spacial score (nSPS) is 10.4. The second-order valence-corrected chi connectivity index (χ2v) is 7.27. The number of hydrogen-bond acceptors (Lipinski definition) is 6. The van der Waals surface area contributed by atoms with Gasteiger partial charge in [-0.25, -0.2) is 0 Å². The number of para-hydroxylation sites is 2. The van der Waals surface area contributed by atoms with Gasteiger partial charge < -0.3 is 14.9 Å². The molecule has 0 aromatic heterocycles. The number of esters is 1. The predicted octanol–water partition coefficient (Wildman–Crippen LogP) is 5.39. The van der Waals surface area contributed by atoms with Crippen molar-refractivity contribution in [1.82, 2.24) is 0 Å². The van der Waals surface area contributed by atoms with Crippen LogP contribution in [-0.2, 0) is 34.0 Å². The molecule has 0 amide bonds. The third-order valence-corrected chi connectivity index (χ3v) is 4.91. The number of hydrogen-bond donors (Lipinski definition) is 1. The number of benzene rings is 3. The summed E-state index contributed by atoms with van der Waals surface area (Å²) in [5.41, 5.74) is 4.80. The summed E-state index contributed by atoms with van der Waals surface area (Å²) in [6.07, 6.45) is 0.0986. The highest BCUT2D eigenvalue weighted by Gasteiger charge is 2.12. The zero-order valence-electron chi connectivity index (χ0n) is 16.8. The Balaban J connectivity index is 1.59. The van der Waals surface area contributed by atoms with Crippen molar-refractivity contribution in [2.75, 3.05) is 5.32 Å². The Hall–Kier alpha value is -3.58. The maximum absolute atomic E-state index is 12.4. The average Bonchev–Trinajstić information content (AvgIpc) is 2.75. The van der Waals surface area contributed by atoms with E-state index < -0.39 is 5.09 Å². The Labute approximate surface area is 184 Å². The Morgan fingerprint density at radius 2 is 1.68 bits per heavy atom. The van der Waals surface area contributed by atoms with Crippen molar-refractivity contribution in [3.8, 4) is 0 Å². The number of ether oxygens (including phenoxy) is 1. The van der Waals surface area contributed by atoms with Crippen molar-refractivity contribution in [3.05, 3.63) is 104 Å². The van der Waals surface area contributed by atoms with Gasteiger partial charge in [-0.1, -0.05) is 66.2 Å². The molecule has 0 saturated carbocycles. The summed E-state index contributed by atoms with van der Waals surface area (Å²) in [4.78, 5) is 27.0. The summed E-state index contributed by atoms with van der Waals surface area (Å²) < 4.78 is 5.39. The summed E-state index contributed by atoms with van der Waals surface area (Å²) >= 11 is 6.31. The summed E-state index contributed by atoms with van der Waals surface area (Å²) in [5, 5.41) is 13.3. The highest BCUT2D eigenvalue weighted by molar-refractivity contribution is 6.33. The van der Waals surface area contributed by atoms with Gasteiger partial charge in [0.05, 0.1) is 17.1 Å². The number of carbonyl (C=O) groups is 1. The van der Waals surface area contributed by atoms with E-state index in [4.69, 9.17) is 16.3 Å². The molecule has 8 heteroatoms. The molecule has 3 aromatic carbocycles. The maximum Gasteiger partial charge on any atom is 0.310 e. The molecule has 0 fully saturated rings. The number of aryl methyl sites for hydroxylation is 1. The van der Waals surface area contributed by atoms with Crippen molar-refractivity contribution >= 4 is 28.9 Å². The minimum Gasteiger partial charge on any atom is -0.461 e. The Morgan fingerprint density at radius 3 is 2.35 bits per heavy atom. The fourth-order valence-corrected chi connectivity index (χ4v) is 3.22. The number of carbonyl (C=O) groups excluding carboxylic acids is 1. The van der Waals surface area contributed by atoms with Crippen molar-refractivity contribution in [2.24, 2.45) is 0 Å². The van der Waals surface area contributed by atoms with E-state index in [0.717, 1.165) is 28.1 Å². The SMILES string of the molecule is Cc1cccc(Cl)c1Nc1ccccc1CC(=O)OCc1ccc(CO[N+](=O)[O-])cc1. The second-order valence-electron chi connectivity index (χ2n) is 6.86. The first-order chi connectivity index (χ1) is 14.9. The molecular weight excluding hydrogens is 420 g/mol. The zero-order valence-corrected chi connectivity index (χ0v) is 17.6. The van der Waals surface area contributed by atoms with Gasteiger partial charge in [0.25, 0.3) is 5.09 Å². The second kappa shape index (κ2) is 10.4. The first-order valence-corrected chi connectivity index (χ1v) is 9.91. The van der Waals surface area contributed by atoms with E-state index in [1.165, 1.54) is 0 Å². The van der Waals surface area contributed by atoms with E-state index in [2.05, 4.69) is 10.2 Å². The van der Waals surface area contributed by atoms with Crippen molar-refractivity contribution in [2.45, 2.75) is 26.6 Å². The fourth-order valence-electron chi connectivity index (χ4n) is 2.95. The van der Waals surface area contributed by atoms with Crippen LogP contribution in [0.25, 0.3) is 0 Å². The molecule has 31 heavy (non-hydrogen) atoms. The van der Waals surface area contributed by atoms with Crippen molar-refractivity contribution < 1.29 is 19.5 Å². The first kappa shape index (κ1) is 22.1. The van der Waals surface area contributed by atoms with Crippen LogP contribution in [0, 0.1) is 17.0 Å². The van der Waals surface area contributed by atoms with Crippen LogP contribution in [0.15, 0.2) is 66.7 Å². The number of anilines is 2. The van der Waals surface area contributed by atoms with E-state index in [1.54, 1.807) is 24.3 Å². The van der Waals surface area contributed by atoms with E-state index in [1.807, 2.05) is 49.4 Å². The highest BCUT2D eigenvalue weighted by Crippen LogP contribution is 2.30. The molecule has 0 atom stereocenters. The topological polar surface area (TPSA) is 90.7 Å². The molecule has 0 aliphatic rings. The fraction of sp³-hybridized carbons (Fsp3) is 0.174. The summed E-state index contributed by atoms with van der Waals surface area (Å²) in [7, 11) is 0. The number of nitrogens with zero attached hydrogens (tertiary/aromatic N) is 1. The van der Waals surface area contributed by atoms with Gasteiger partial charge in [-0.05, 0) is 41.3 Å². The Morgan fingerprint density at radius 1 is 1.00 bits per heavy atom. The van der Waals surface area contributed by atoms with Gasteiger partial charge in [-0.15, -0.1) is 10.1 Å². The van der Waals surface area contributed by atoms with Crippen LogP contribution in [0.3, 0.4) is 0 Å². The lowest BCUT2D eigenvalue weighted by atomic mass is 10.1. The van der Waals surface area contributed by atoms with E-state index >= 15 is 0 Å². The van der Waals surface area contributed by atoms with Gasteiger partial charge >= 0.3 is 5.97 Å². The molecule has 0 saturated heterocycles. The van der Waals surface area contributed by atoms with E-state index in [0.29, 0.717) is 10.6 Å². The predicted molar refractivity (Wildman–Crippen MR) is 118 cm³/mol. The minimum atomic E-state index is -0.838. The van der Waals surface area contributed by atoms with Crippen LogP contribution in [0.1, 0.15) is 22.3 Å². The van der Waals surface area contributed by atoms with Crippen molar-refractivity contribution in [1.29, 1.82) is 0 Å². The van der Waals surface area contributed by atoms with Crippen LogP contribution in [0.2, 0.25) is 5.02 Å². The van der Waals surface area contributed by atoms with Gasteiger partial charge in [0.2, 0.25) is 0 Å². The third-order valence-electron chi connectivity index (χ3n) is 4.59. The molecule has 7 nitrogen and oxygen atoms in total. The van der Waals surface area contributed by atoms with Gasteiger partial charge in [0.15, 0.2) is 0 Å². The third kappa shape index (κ3) is 6.45. The molecule has 0 heterocycles. The summed E-state index contributed by atoms with van der Waals surface area (Å²) in [5.74, 6) is -0.370. The molecule has 0 aliphatic carbocycles. The van der Waals surface area contributed by atoms with E-state index in [9.17, 15) is 14.9 Å². The zero-order chi connectivity index (χ0) is 22.2. The summed E-state index contributed by atoms with van der Waals surface area (Å²) in [6, 6.07) is 20.0. The molecule has 1 N–H and O–H groups in total. The van der Waals surface area contributed by atoms with Crippen molar-refractivity contribution in [3.63, 3.8) is 0 Å². The molecule has 0 spiro atoms. The van der Waals surface area contributed by atoms with E-state index in [-0.39, 0.29) is 25.6 Å². The van der Waals surface area contributed by atoms with Crippen LogP contribution in [0.4, 0.5) is 11.4 Å². The molecule has 3 aromatic rings. The number of rotatable bonds is 9. The van der Waals surface area contributed by atoms with Crippen LogP contribution in [-0.4, -0.2) is 11.1 Å². The monoisotopic (exact) mass is 440 g/mol.